The highest BCUT2D eigenvalue weighted by Crippen LogP contribution is 2.29. The second kappa shape index (κ2) is 5.12. The zero-order valence-electron chi connectivity index (χ0n) is 10.4. The molecule has 0 radical (unpaired) electrons. The molecule has 0 aliphatic heterocycles. The maximum Gasteiger partial charge on any atom is 0.253 e. The Morgan fingerprint density at radius 2 is 2.11 bits per heavy atom. The van der Waals surface area contributed by atoms with Crippen LogP contribution >= 0.6 is 11.8 Å². The van der Waals surface area contributed by atoms with Gasteiger partial charge in [0.05, 0.1) is 11.3 Å². The van der Waals surface area contributed by atoms with Crippen molar-refractivity contribution in [3.8, 4) is 6.07 Å². The first kappa shape index (κ1) is 13.1. The number of pyridine rings is 1. The molecule has 6 nitrogen and oxygen atoms in total. The normalized spacial score (nSPS) is 10.2. The van der Waals surface area contributed by atoms with Crippen molar-refractivity contribution in [2.45, 2.75) is 23.9 Å². The Kier molecular flexibility index (Phi) is 3.53. The summed E-state index contributed by atoms with van der Waals surface area (Å²) in [7, 11) is 0. The Balaban J connectivity index is 2.49. The van der Waals surface area contributed by atoms with Crippen molar-refractivity contribution < 1.29 is 0 Å². The quantitative estimate of drug-likeness (QED) is 0.800. The Morgan fingerprint density at radius 1 is 1.37 bits per heavy atom. The highest BCUT2D eigenvalue weighted by Gasteiger charge is 2.11. The molecule has 0 bridgehead atoms. The molecule has 0 unspecified atom stereocenters. The molecule has 96 valence electrons. The minimum atomic E-state index is -0.323. The van der Waals surface area contributed by atoms with E-state index >= 15 is 0 Å². The highest BCUT2D eigenvalue weighted by molar-refractivity contribution is 7.99. The van der Waals surface area contributed by atoms with Crippen molar-refractivity contribution in [3.05, 3.63) is 39.4 Å². The van der Waals surface area contributed by atoms with E-state index < -0.39 is 0 Å². The fourth-order valence-electron chi connectivity index (χ4n) is 1.62. The van der Waals surface area contributed by atoms with Gasteiger partial charge in [-0.25, -0.2) is 4.98 Å². The largest absolute Gasteiger partial charge is 0.383 e. The predicted octanol–water partition coefficient (Wildman–Crippen LogP) is 1.39. The standard InChI is InChI=1S/C12H11N5OS/c1-6-3-9(8(5-13)7(2)15-6)19-12-16-10(14)4-11(18)17-12/h3-4H,1-2H3,(H3,14,16,17,18). The van der Waals surface area contributed by atoms with Crippen molar-refractivity contribution >= 4 is 17.6 Å². The van der Waals surface area contributed by atoms with Crippen LogP contribution in [0.3, 0.4) is 0 Å². The molecule has 2 aromatic heterocycles. The number of nitrogens with two attached hydrogens (primary N) is 1. The third-order valence-electron chi connectivity index (χ3n) is 2.35. The molecule has 3 N–H and O–H groups in total. The molecule has 7 heteroatoms. The van der Waals surface area contributed by atoms with Gasteiger partial charge in [-0.2, -0.15) is 5.26 Å². The summed E-state index contributed by atoms with van der Waals surface area (Å²) in [5, 5.41) is 9.51. The van der Waals surface area contributed by atoms with Crippen LogP contribution in [-0.4, -0.2) is 15.0 Å². The molecule has 0 saturated carbocycles. The number of nitrogens with zero attached hydrogens (tertiary/aromatic N) is 3. The number of aryl methyl sites for hydroxylation is 2. The van der Waals surface area contributed by atoms with E-state index in [1.54, 1.807) is 13.0 Å². The second-order valence-corrected chi connectivity index (χ2v) is 4.94. The number of aromatic nitrogens is 3. The molecule has 2 rings (SSSR count). The Labute approximate surface area is 113 Å². The predicted molar refractivity (Wildman–Crippen MR) is 71.8 cm³/mol. The van der Waals surface area contributed by atoms with Gasteiger partial charge in [0.25, 0.3) is 5.56 Å². The van der Waals surface area contributed by atoms with Crippen LogP contribution in [0.5, 0.6) is 0 Å². The van der Waals surface area contributed by atoms with E-state index in [4.69, 9.17) is 11.0 Å². The lowest BCUT2D eigenvalue weighted by molar-refractivity contribution is 0.943. The van der Waals surface area contributed by atoms with Crippen LogP contribution in [-0.2, 0) is 0 Å². The number of rotatable bonds is 2. The van der Waals surface area contributed by atoms with Crippen LogP contribution in [0.2, 0.25) is 0 Å². The number of hydrogen-bond donors (Lipinski definition) is 2. The number of hydrogen-bond acceptors (Lipinski definition) is 6. The van der Waals surface area contributed by atoms with E-state index in [-0.39, 0.29) is 11.4 Å². The number of aromatic amines is 1. The first-order chi connectivity index (χ1) is 8.99. The van der Waals surface area contributed by atoms with Gasteiger partial charge in [0.2, 0.25) is 0 Å². The summed E-state index contributed by atoms with van der Waals surface area (Å²) in [5.41, 5.74) is 7.12. The molecule has 0 aliphatic rings. The smallest absolute Gasteiger partial charge is 0.253 e. The Hall–Kier alpha value is -2.33. The Bertz CT molecular complexity index is 732. The maximum absolute atomic E-state index is 11.3. The summed E-state index contributed by atoms with van der Waals surface area (Å²) >= 11 is 1.19. The maximum atomic E-state index is 11.3. The van der Waals surface area contributed by atoms with E-state index in [1.165, 1.54) is 17.8 Å². The summed E-state index contributed by atoms with van der Waals surface area (Å²) in [4.78, 5) is 22.8. The third-order valence-corrected chi connectivity index (χ3v) is 3.28. The molecule has 0 aromatic carbocycles. The van der Waals surface area contributed by atoms with Crippen LogP contribution in [0.4, 0.5) is 5.82 Å². The summed E-state index contributed by atoms with van der Waals surface area (Å²) in [6.07, 6.45) is 0. The third kappa shape index (κ3) is 2.92. The zero-order chi connectivity index (χ0) is 14.0. The van der Waals surface area contributed by atoms with E-state index in [2.05, 4.69) is 21.0 Å². The van der Waals surface area contributed by atoms with Gasteiger partial charge in [0.15, 0.2) is 5.16 Å². The van der Waals surface area contributed by atoms with Gasteiger partial charge in [-0.3, -0.25) is 9.78 Å². The first-order valence-electron chi connectivity index (χ1n) is 5.42. The van der Waals surface area contributed by atoms with Gasteiger partial charge in [0.1, 0.15) is 11.9 Å². The van der Waals surface area contributed by atoms with Gasteiger partial charge >= 0.3 is 0 Å². The average molecular weight is 273 g/mol. The lowest BCUT2D eigenvalue weighted by Gasteiger charge is -2.07. The van der Waals surface area contributed by atoms with Gasteiger partial charge in [-0.05, 0) is 19.9 Å². The van der Waals surface area contributed by atoms with Gasteiger partial charge in [-0.1, -0.05) is 11.8 Å². The van der Waals surface area contributed by atoms with Gasteiger partial charge in [-0.15, -0.1) is 0 Å². The van der Waals surface area contributed by atoms with Crippen LogP contribution < -0.4 is 11.3 Å². The van der Waals surface area contributed by atoms with Crippen molar-refractivity contribution in [1.29, 1.82) is 5.26 Å². The van der Waals surface area contributed by atoms with Crippen molar-refractivity contribution in [3.63, 3.8) is 0 Å². The minimum Gasteiger partial charge on any atom is -0.383 e. The van der Waals surface area contributed by atoms with Crippen LogP contribution in [0, 0.1) is 25.2 Å². The van der Waals surface area contributed by atoms with Gasteiger partial charge < -0.3 is 10.7 Å². The molecule has 0 aliphatic carbocycles. The van der Waals surface area contributed by atoms with Crippen LogP contribution in [0.1, 0.15) is 17.0 Å². The molecule has 19 heavy (non-hydrogen) atoms. The fourth-order valence-corrected chi connectivity index (χ4v) is 2.65. The van der Waals surface area contributed by atoms with Crippen molar-refractivity contribution in [2.24, 2.45) is 0 Å². The SMILES string of the molecule is Cc1cc(Sc2nc(N)cc(=O)[nH]2)c(C#N)c(C)n1. The molecule has 2 heterocycles. The van der Waals surface area contributed by atoms with E-state index in [0.29, 0.717) is 21.3 Å². The number of anilines is 1. The summed E-state index contributed by atoms with van der Waals surface area (Å²) in [5.74, 6) is 0.146. The lowest BCUT2D eigenvalue weighted by Crippen LogP contribution is -2.09. The minimum absolute atomic E-state index is 0.146. The molecule has 0 fully saturated rings. The zero-order valence-corrected chi connectivity index (χ0v) is 11.2. The van der Waals surface area contributed by atoms with Gasteiger partial charge in [0, 0.05) is 16.7 Å². The number of H-pyrrole nitrogens is 1. The summed E-state index contributed by atoms with van der Waals surface area (Å²) in [6.45, 7) is 3.61. The van der Waals surface area contributed by atoms with Crippen molar-refractivity contribution in [1.82, 2.24) is 15.0 Å². The topological polar surface area (TPSA) is 108 Å². The monoisotopic (exact) mass is 273 g/mol. The number of nitrogens with one attached hydrogen (secondary N) is 1. The van der Waals surface area contributed by atoms with Crippen molar-refractivity contribution in [2.75, 3.05) is 5.73 Å². The number of nitrogen functional groups attached to an aromatic ring is 1. The molecule has 0 saturated heterocycles. The first-order valence-corrected chi connectivity index (χ1v) is 6.24. The molecule has 2 aromatic rings. The van der Waals surface area contributed by atoms with Crippen LogP contribution in [0.15, 0.2) is 27.0 Å². The van der Waals surface area contributed by atoms with Crippen LogP contribution in [0.25, 0.3) is 0 Å². The average Bonchev–Trinajstić information content (AvgIpc) is 2.26. The fraction of sp³-hybridized carbons (Fsp3) is 0.167. The molecular weight excluding hydrogens is 262 g/mol. The molecule has 0 atom stereocenters. The van der Waals surface area contributed by atoms with E-state index in [1.807, 2.05) is 6.92 Å². The summed E-state index contributed by atoms with van der Waals surface area (Å²) in [6, 6.07) is 5.09. The molecular formula is C12H11N5OS. The lowest BCUT2D eigenvalue weighted by atomic mass is 10.2. The Morgan fingerprint density at radius 3 is 2.74 bits per heavy atom. The summed E-state index contributed by atoms with van der Waals surface area (Å²) < 4.78 is 0. The molecule has 0 amide bonds. The highest BCUT2D eigenvalue weighted by atomic mass is 32.2. The van der Waals surface area contributed by atoms with E-state index in [9.17, 15) is 4.79 Å². The molecule has 0 spiro atoms. The second-order valence-electron chi connectivity index (χ2n) is 3.91. The van der Waals surface area contributed by atoms with E-state index in [0.717, 1.165) is 5.69 Å². The number of nitriles is 1.